The van der Waals surface area contributed by atoms with Crippen LogP contribution in [0.2, 0.25) is 0 Å². The van der Waals surface area contributed by atoms with Crippen molar-refractivity contribution in [2.75, 3.05) is 5.32 Å². The largest absolute Gasteiger partial charge is 0.481 e. The Morgan fingerprint density at radius 1 is 1.00 bits per heavy atom. The van der Waals surface area contributed by atoms with Crippen LogP contribution in [0.4, 0.5) is 24.8 Å². The van der Waals surface area contributed by atoms with Crippen LogP contribution in [-0.4, -0.2) is 26.2 Å². The fourth-order valence-corrected chi connectivity index (χ4v) is 4.87. The molecule has 1 atom stereocenters. The Morgan fingerprint density at radius 3 is 2.28 bits per heavy atom. The molecule has 1 aliphatic carbocycles. The number of aromatic nitrogens is 2. The lowest BCUT2D eigenvalue weighted by atomic mass is 9.71. The molecule has 36 heavy (non-hydrogen) atoms. The predicted molar refractivity (Wildman–Crippen MR) is 130 cm³/mol. The molecule has 9 heteroatoms. The van der Waals surface area contributed by atoms with Gasteiger partial charge in [0.25, 0.3) is 0 Å². The molecule has 2 aromatic carbocycles. The molecule has 0 spiro atoms. The molecule has 190 valence electrons. The van der Waals surface area contributed by atoms with E-state index in [1.54, 1.807) is 19.1 Å². The van der Waals surface area contributed by atoms with E-state index >= 15 is 0 Å². The summed E-state index contributed by atoms with van der Waals surface area (Å²) in [6.07, 6.45) is -1.08. The number of carbonyl (C=O) groups is 1. The first-order valence-electron chi connectivity index (χ1n) is 11.8. The summed E-state index contributed by atoms with van der Waals surface area (Å²) >= 11 is 0. The lowest BCUT2D eigenvalue weighted by Crippen LogP contribution is -2.35. The van der Waals surface area contributed by atoms with E-state index < -0.39 is 23.4 Å². The normalized spacial score (nSPS) is 19.9. The van der Waals surface area contributed by atoms with Crippen LogP contribution < -0.4 is 5.32 Å². The molecule has 1 aromatic heterocycles. The maximum atomic E-state index is 13.0. The summed E-state index contributed by atoms with van der Waals surface area (Å²) in [6.45, 7) is 3.66. The lowest BCUT2D eigenvalue weighted by Gasteiger charge is -2.37. The number of carboxylic acids is 1. The Hall–Kier alpha value is -3.46. The van der Waals surface area contributed by atoms with Gasteiger partial charge < -0.3 is 15.5 Å². The summed E-state index contributed by atoms with van der Waals surface area (Å²) in [6, 6.07) is 13.9. The highest BCUT2D eigenvalue weighted by Gasteiger charge is 2.38. The standard InChI is InChI=1S/C27H28F3N3O3/c1-16-13-19(15-22(14-16)32-25-31-12-11-23(33-25)27(28,29)30)17-3-7-20(8-4-17)26(2,36)21-9-5-18(6-10-21)24(34)35/h3-4,7-8,11-15,18,21,36H,5-6,9-10H2,1-2H3,(H,34,35)(H,31,32,33). The number of rotatable bonds is 6. The fraction of sp³-hybridized carbons (Fsp3) is 0.370. The number of aliphatic hydroxyl groups is 1. The lowest BCUT2D eigenvalue weighted by molar-refractivity contribution is -0.144. The molecule has 0 saturated heterocycles. The Morgan fingerprint density at radius 2 is 1.67 bits per heavy atom. The summed E-state index contributed by atoms with van der Waals surface area (Å²) in [4.78, 5) is 18.7. The first-order chi connectivity index (χ1) is 16.9. The third-order valence-corrected chi connectivity index (χ3v) is 6.95. The van der Waals surface area contributed by atoms with E-state index in [9.17, 15) is 28.2 Å². The van der Waals surface area contributed by atoms with Crippen LogP contribution in [0.1, 0.15) is 49.4 Å². The average molecular weight is 500 g/mol. The maximum absolute atomic E-state index is 13.0. The molecule has 1 fully saturated rings. The van der Waals surface area contributed by atoms with E-state index in [1.165, 1.54) is 0 Å². The van der Waals surface area contributed by atoms with Gasteiger partial charge in [-0.15, -0.1) is 0 Å². The van der Waals surface area contributed by atoms with E-state index in [0.29, 0.717) is 31.4 Å². The topological polar surface area (TPSA) is 95.3 Å². The van der Waals surface area contributed by atoms with Gasteiger partial charge in [-0.25, -0.2) is 9.97 Å². The Kier molecular flexibility index (Phi) is 7.04. The van der Waals surface area contributed by atoms with Crippen molar-refractivity contribution < 1.29 is 28.2 Å². The van der Waals surface area contributed by atoms with Crippen LogP contribution in [0.15, 0.2) is 54.7 Å². The molecule has 3 aromatic rings. The van der Waals surface area contributed by atoms with E-state index in [1.807, 2.05) is 37.3 Å². The Bertz CT molecular complexity index is 1240. The van der Waals surface area contributed by atoms with E-state index in [4.69, 9.17) is 0 Å². The van der Waals surface area contributed by atoms with Crippen molar-refractivity contribution in [1.29, 1.82) is 0 Å². The van der Waals surface area contributed by atoms with Gasteiger partial charge in [-0.2, -0.15) is 13.2 Å². The number of halogens is 3. The zero-order valence-corrected chi connectivity index (χ0v) is 20.0. The van der Waals surface area contributed by atoms with Crippen molar-refractivity contribution in [3.63, 3.8) is 0 Å². The highest BCUT2D eigenvalue weighted by atomic mass is 19.4. The van der Waals surface area contributed by atoms with Crippen molar-refractivity contribution >= 4 is 17.6 Å². The molecule has 0 bridgehead atoms. The number of hydrogen-bond acceptors (Lipinski definition) is 5. The Balaban J connectivity index is 1.52. The van der Waals surface area contributed by atoms with Crippen LogP contribution in [-0.2, 0) is 16.6 Å². The molecule has 6 nitrogen and oxygen atoms in total. The van der Waals surface area contributed by atoms with Gasteiger partial charge in [0.2, 0.25) is 5.95 Å². The van der Waals surface area contributed by atoms with Gasteiger partial charge in [0.1, 0.15) is 5.69 Å². The van der Waals surface area contributed by atoms with Crippen molar-refractivity contribution in [1.82, 2.24) is 9.97 Å². The number of aryl methyl sites for hydroxylation is 1. The van der Waals surface area contributed by atoms with Gasteiger partial charge in [-0.05, 0) is 85.9 Å². The van der Waals surface area contributed by atoms with Gasteiger partial charge in [0.15, 0.2) is 0 Å². The van der Waals surface area contributed by atoms with Crippen LogP contribution in [0.25, 0.3) is 11.1 Å². The van der Waals surface area contributed by atoms with Crippen LogP contribution in [0, 0.1) is 18.8 Å². The number of benzene rings is 2. The molecule has 1 heterocycles. The quantitative estimate of drug-likeness (QED) is 0.368. The molecule has 0 amide bonds. The highest BCUT2D eigenvalue weighted by Crippen LogP contribution is 2.41. The zero-order chi connectivity index (χ0) is 26.1. The predicted octanol–water partition coefficient (Wildman–Crippen LogP) is 6.31. The molecular weight excluding hydrogens is 471 g/mol. The number of hydrogen-bond donors (Lipinski definition) is 3. The third-order valence-electron chi connectivity index (χ3n) is 6.95. The molecule has 0 radical (unpaired) electrons. The second-order valence-electron chi connectivity index (χ2n) is 9.59. The molecule has 3 N–H and O–H groups in total. The number of anilines is 2. The van der Waals surface area contributed by atoms with Gasteiger partial charge in [0.05, 0.1) is 11.5 Å². The summed E-state index contributed by atoms with van der Waals surface area (Å²) < 4.78 is 38.9. The number of carboxylic acid groups (broad SMARTS) is 1. The smallest absolute Gasteiger partial charge is 0.433 e. The van der Waals surface area contributed by atoms with Crippen molar-refractivity contribution in [2.45, 2.75) is 51.3 Å². The van der Waals surface area contributed by atoms with Crippen molar-refractivity contribution in [2.24, 2.45) is 11.8 Å². The SMILES string of the molecule is Cc1cc(Nc2nccc(C(F)(F)F)n2)cc(-c2ccc(C(C)(O)C3CCC(C(=O)O)CC3)cc2)c1. The molecule has 1 aliphatic rings. The summed E-state index contributed by atoms with van der Waals surface area (Å²) in [5.74, 6) is -1.29. The Labute approximate surface area is 207 Å². The summed E-state index contributed by atoms with van der Waals surface area (Å²) in [5, 5.41) is 23.4. The van der Waals surface area contributed by atoms with Crippen LogP contribution in [0.3, 0.4) is 0 Å². The molecule has 0 aliphatic heterocycles. The fourth-order valence-electron chi connectivity index (χ4n) is 4.87. The van der Waals surface area contributed by atoms with E-state index in [2.05, 4.69) is 15.3 Å². The molecular formula is C27H28F3N3O3. The molecule has 1 unspecified atom stereocenters. The minimum atomic E-state index is -4.56. The number of aliphatic carboxylic acids is 1. The second-order valence-corrected chi connectivity index (χ2v) is 9.59. The highest BCUT2D eigenvalue weighted by molar-refractivity contribution is 5.71. The van der Waals surface area contributed by atoms with Crippen LogP contribution >= 0.6 is 0 Å². The van der Waals surface area contributed by atoms with Crippen molar-refractivity contribution in [3.05, 3.63) is 71.5 Å². The number of nitrogens with one attached hydrogen (secondary N) is 1. The van der Waals surface area contributed by atoms with E-state index in [-0.39, 0.29) is 17.8 Å². The first-order valence-corrected chi connectivity index (χ1v) is 11.8. The average Bonchev–Trinajstić information content (AvgIpc) is 2.83. The molecule has 1 saturated carbocycles. The minimum Gasteiger partial charge on any atom is -0.481 e. The van der Waals surface area contributed by atoms with Gasteiger partial charge >= 0.3 is 12.1 Å². The number of alkyl halides is 3. The minimum absolute atomic E-state index is 0.0267. The molecule has 4 rings (SSSR count). The van der Waals surface area contributed by atoms with Gasteiger partial charge in [0, 0.05) is 11.9 Å². The van der Waals surface area contributed by atoms with Crippen molar-refractivity contribution in [3.8, 4) is 11.1 Å². The third kappa shape index (κ3) is 5.67. The zero-order valence-electron chi connectivity index (χ0n) is 20.0. The summed E-state index contributed by atoms with van der Waals surface area (Å²) in [5.41, 5.74) is 1.82. The van der Waals surface area contributed by atoms with Crippen LogP contribution in [0.5, 0.6) is 0 Å². The first kappa shape index (κ1) is 25.6. The maximum Gasteiger partial charge on any atom is 0.433 e. The van der Waals surface area contributed by atoms with E-state index in [0.717, 1.165) is 34.5 Å². The second kappa shape index (κ2) is 9.89. The number of nitrogens with zero attached hydrogens (tertiary/aromatic N) is 2. The van der Waals surface area contributed by atoms with Gasteiger partial charge in [-0.1, -0.05) is 30.3 Å². The van der Waals surface area contributed by atoms with Gasteiger partial charge in [-0.3, -0.25) is 4.79 Å². The monoisotopic (exact) mass is 499 g/mol. The summed E-state index contributed by atoms with van der Waals surface area (Å²) in [7, 11) is 0.